The second kappa shape index (κ2) is 10.4. The first kappa shape index (κ1) is 23.1. The third-order valence-electron chi connectivity index (χ3n) is 3.84. The molecule has 0 aliphatic carbocycles. The number of esters is 1. The topological polar surface area (TPSA) is 80.7 Å². The van der Waals surface area contributed by atoms with E-state index in [9.17, 15) is 18.0 Å². The lowest BCUT2D eigenvalue weighted by Gasteiger charge is -2.26. The molecular formula is C20H31NO5S. The quantitative estimate of drug-likeness (QED) is 0.567. The van der Waals surface area contributed by atoms with Gasteiger partial charge in [0, 0.05) is 13.1 Å². The fourth-order valence-electron chi connectivity index (χ4n) is 2.55. The highest BCUT2D eigenvalue weighted by molar-refractivity contribution is 7.91. The van der Waals surface area contributed by atoms with E-state index in [-0.39, 0.29) is 29.6 Å². The van der Waals surface area contributed by atoms with Gasteiger partial charge in [-0.1, -0.05) is 45.4 Å². The third kappa shape index (κ3) is 8.56. The van der Waals surface area contributed by atoms with Gasteiger partial charge in [-0.05, 0) is 30.9 Å². The lowest BCUT2D eigenvalue weighted by Crippen LogP contribution is -2.39. The van der Waals surface area contributed by atoms with Crippen molar-refractivity contribution in [1.82, 2.24) is 4.90 Å². The number of sulfone groups is 1. The van der Waals surface area contributed by atoms with Gasteiger partial charge in [0.05, 0.1) is 17.1 Å². The number of nitrogens with zero attached hydrogens (tertiary/aromatic N) is 1. The fraction of sp³-hybridized carbons (Fsp3) is 0.600. The highest BCUT2D eigenvalue weighted by atomic mass is 32.2. The molecule has 0 saturated carbocycles. The summed E-state index contributed by atoms with van der Waals surface area (Å²) < 4.78 is 29.5. The van der Waals surface area contributed by atoms with Crippen LogP contribution in [-0.2, 0) is 24.2 Å². The lowest BCUT2D eigenvalue weighted by atomic mass is 10.1. The Hall–Kier alpha value is -1.89. The lowest BCUT2D eigenvalue weighted by molar-refractivity contribution is -0.152. The number of rotatable bonds is 10. The van der Waals surface area contributed by atoms with Gasteiger partial charge in [-0.3, -0.25) is 9.59 Å². The van der Waals surface area contributed by atoms with E-state index in [1.165, 1.54) is 12.1 Å². The summed E-state index contributed by atoms with van der Waals surface area (Å²) in [6.07, 6.45) is -0.280. The number of carbonyl (C=O) groups excluding carboxylic acids is 2. The second-order valence-electron chi connectivity index (χ2n) is 7.63. The average Bonchev–Trinajstić information content (AvgIpc) is 2.57. The summed E-state index contributed by atoms with van der Waals surface area (Å²) in [7, 11) is -3.55. The molecule has 0 aliphatic rings. The summed E-state index contributed by atoms with van der Waals surface area (Å²) in [4.78, 5) is 26.1. The van der Waals surface area contributed by atoms with Crippen LogP contribution in [0.4, 0.5) is 0 Å². The third-order valence-corrected chi connectivity index (χ3v) is 5.57. The molecule has 0 radical (unpaired) electrons. The second-order valence-corrected chi connectivity index (χ2v) is 9.74. The van der Waals surface area contributed by atoms with Crippen LogP contribution in [0.15, 0.2) is 29.2 Å². The predicted octanol–water partition coefficient (Wildman–Crippen LogP) is 2.84. The summed E-state index contributed by atoms with van der Waals surface area (Å²) in [5.41, 5.74) is 0.958. The zero-order valence-corrected chi connectivity index (χ0v) is 17.7. The fourth-order valence-corrected chi connectivity index (χ4v) is 3.77. The van der Waals surface area contributed by atoms with Crippen LogP contribution < -0.4 is 0 Å². The number of ether oxygens (including phenoxy) is 1. The van der Waals surface area contributed by atoms with E-state index in [2.05, 4.69) is 0 Å². The SMILES string of the molecule is Cc1ccc(S(=O)(=O)CCC(=O)OCC(=O)N(CC(C)C)CC(C)C)cc1. The molecule has 0 atom stereocenters. The van der Waals surface area contributed by atoms with Crippen molar-refractivity contribution in [3.8, 4) is 0 Å². The first-order valence-electron chi connectivity index (χ1n) is 9.24. The maximum Gasteiger partial charge on any atom is 0.307 e. The van der Waals surface area contributed by atoms with Crippen LogP contribution in [0.1, 0.15) is 39.7 Å². The van der Waals surface area contributed by atoms with Crippen LogP contribution in [0.5, 0.6) is 0 Å². The van der Waals surface area contributed by atoms with Crippen LogP contribution in [0, 0.1) is 18.8 Å². The molecule has 0 spiro atoms. The highest BCUT2D eigenvalue weighted by Crippen LogP contribution is 2.13. The number of hydrogen-bond donors (Lipinski definition) is 0. The van der Waals surface area contributed by atoms with Gasteiger partial charge >= 0.3 is 5.97 Å². The minimum absolute atomic E-state index is 0.178. The Morgan fingerprint density at radius 1 is 1.00 bits per heavy atom. The van der Waals surface area contributed by atoms with Gasteiger partial charge in [-0.15, -0.1) is 0 Å². The van der Waals surface area contributed by atoms with Gasteiger partial charge in [0.25, 0.3) is 5.91 Å². The number of hydrogen-bond acceptors (Lipinski definition) is 5. The minimum atomic E-state index is -3.55. The molecule has 0 fully saturated rings. The molecule has 1 aromatic carbocycles. The van der Waals surface area contributed by atoms with E-state index >= 15 is 0 Å². The van der Waals surface area contributed by atoms with Crippen LogP contribution in [0.2, 0.25) is 0 Å². The molecule has 0 heterocycles. The standard InChI is InChI=1S/C20H31NO5S/c1-15(2)12-21(13-16(3)4)19(22)14-26-20(23)10-11-27(24,25)18-8-6-17(5)7-9-18/h6-9,15-16H,10-14H2,1-5H3. The average molecular weight is 398 g/mol. The Balaban J connectivity index is 2.53. The van der Waals surface area contributed by atoms with Crippen molar-refractivity contribution in [2.75, 3.05) is 25.4 Å². The zero-order chi connectivity index (χ0) is 20.6. The molecule has 0 unspecified atom stereocenters. The molecule has 0 bridgehead atoms. The Bertz CT molecular complexity index is 713. The monoisotopic (exact) mass is 397 g/mol. The number of aryl methyl sites for hydroxylation is 1. The molecule has 1 rings (SSSR count). The van der Waals surface area contributed by atoms with E-state index in [0.29, 0.717) is 24.9 Å². The summed E-state index contributed by atoms with van der Waals surface area (Å²) in [5.74, 6) is -0.670. The Labute approximate surface area is 162 Å². The van der Waals surface area contributed by atoms with Gasteiger partial charge in [-0.2, -0.15) is 0 Å². The van der Waals surface area contributed by atoms with Gasteiger partial charge in [0.1, 0.15) is 0 Å². The van der Waals surface area contributed by atoms with E-state index in [4.69, 9.17) is 4.74 Å². The first-order chi connectivity index (χ1) is 12.5. The Morgan fingerprint density at radius 2 is 1.52 bits per heavy atom. The molecule has 0 aromatic heterocycles. The summed E-state index contributed by atoms with van der Waals surface area (Å²) in [6, 6.07) is 6.47. The van der Waals surface area contributed by atoms with Crippen LogP contribution in [0.25, 0.3) is 0 Å². The molecule has 0 aliphatic heterocycles. The summed E-state index contributed by atoms with van der Waals surface area (Å²) in [5, 5.41) is 0. The van der Waals surface area contributed by atoms with Crippen molar-refractivity contribution in [1.29, 1.82) is 0 Å². The van der Waals surface area contributed by atoms with Crippen molar-refractivity contribution >= 4 is 21.7 Å². The smallest absolute Gasteiger partial charge is 0.307 e. The van der Waals surface area contributed by atoms with Crippen molar-refractivity contribution in [2.45, 2.75) is 45.9 Å². The number of carbonyl (C=O) groups is 2. The van der Waals surface area contributed by atoms with Crippen LogP contribution in [0.3, 0.4) is 0 Å². The van der Waals surface area contributed by atoms with E-state index in [1.54, 1.807) is 17.0 Å². The molecular weight excluding hydrogens is 366 g/mol. The number of amides is 1. The van der Waals surface area contributed by atoms with Crippen LogP contribution >= 0.6 is 0 Å². The van der Waals surface area contributed by atoms with E-state index in [1.807, 2.05) is 34.6 Å². The maximum absolute atomic E-state index is 12.3. The Kier molecular flexibility index (Phi) is 8.96. The van der Waals surface area contributed by atoms with E-state index < -0.39 is 15.8 Å². The normalized spacial score (nSPS) is 11.7. The number of benzene rings is 1. The maximum atomic E-state index is 12.3. The van der Waals surface area contributed by atoms with Gasteiger partial charge in [0.2, 0.25) is 0 Å². The van der Waals surface area contributed by atoms with E-state index in [0.717, 1.165) is 5.56 Å². The molecule has 0 N–H and O–H groups in total. The predicted molar refractivity (Wildman–Crippen MR) is 105 cm³/mol. The Morgan fingerprint density at radius 3 is 2.00 bits per heavy atom. The van der Waals surface area contributed by atoms with Crippen LogP contribution in [-0.4, -0.2) is 50.6 Å². The van der Waals surface area contributed by atoms with Gasteiger partial charge < -0.3 is 9.64 Å². The van der Waals surface area contributed by atoms with Crippen molar-refractivity contribution < 1.29 is 22.7 Å². The molecule has 0 saturated heterocycles. The molecule has 27 heavy (non-hydrogen) atoms. The summed E-state index contributed by atoms with van der Waals surface area (Å²) in [6.45, 7) is 10.8. The molecule has 1 amide bonds. The summed E-state index contributed by atoms with van der Waals surface area (Å²) >= 11 is 0. The highest BCUT2D eigenvalue weighted by Gasteiger charge is 2.20. The zero-order valence-electron chi connectivity index (χ0n) is 16.9. The molecule has 1 aromatic rings. The van der Waals surface area contributed by atoms with Gasteiger partial charge in [0.15, 0.2) is 16.4 Å². The van der Waals surface area contributed by atoms with Crippen molar-refractivity contribution in [3.05, 3.63) is 29.8 Å². The largest absolute Gasteiger partial charge is 0.456 e. The minimum Gasteiger partial charge on any atom is -0.456 e. The van der Waals surface area contributed by atoms with Crippen molar-refractivity contribution in [3.63, 3.8) is 0 Å². The molecule has 152 valence electrons. The molecule has 6 nitrogen and oxygen atoms in total. The molecule has 7 heteroatoms. The first-order valence-corrected chi connectivity index (χ1v) is 10.9. The van der Waals surface area contributed by atoms with Gasteiger partial charge in [-0.25, -0.2) is 8.42 Å². The van der Waals surface area contributed by atoms with Crippen molar-refractivity contribution in [2.24, 2.45) is 11.8 Å².